The highest BCUT2D eigenvalue weighted by Crippen LogP contribution is 2.26. The summed E-state index contributed by atoms with van der Waals surface area (Å²) in [6.45, 7) is 1.39. The second-order valence-electron chi connectivity index (χ2n) is 5.28. The van der Waals surface area contributed by atoms with Gasteiger partial charge in [0.1, 0.15) is 24.5 Å². The average Bonchev–Trinajstić information content (AvgIpc) is 2.92. The van der Waals surface area contributed by atoms with Gasteiger partial charge in [0.15, 0.2) is 0 Å². The molecule has 0 bridgehead atoms. The van der Waals surface area contributed by atoms with Crippen LogP contribution in [0, 0.1) is 17.2 Å². The molecule has 5 heteroatoms. The number of hydrogen-bond donors (Lipinski definition) is 0. The summed E-state index contributed by atoms with van der Waals surface area (Å²) >= 11 is 0. The van der Waals surface area contributed by atoms with E-state index in [1.807, 2.05) is 18.0 Å². The molecule has 5 nitrogen and oxygen atoms in total. The van der Waals surface area contributed by atoms with Crippen molar-refractivity contribution in [1.29, 1.82) is 5.26 Å². The molecule has 1 aliphatic rings. The van der Waals surface area contributed by atoms with Crippen LogP contribution in [0.25, 0.3) is 0 Å². The fourth-order valence-corrected chi connectivity index (χ4v) is 2.62. The van der Waals surface area contributed by atoms with E-state index in [0.717, 1.165) is 24.1 Å². The molecule has 0 amide bonds. The first kappa shape index (κ1) is 13.6. The summed E-state index contributed by atoms with van der Waals surface area (Å²) in [6.07, 6.45) is 6.95. The van der Waals surface area contributed by atoms with Gasteiger partial charge < -0.3 is 9.80 Å². The normalized spacial score (nSPS) is 15.2. The van der Waals surface area contributed by atoms with Crippen LogP contribution in [0.1, 0.15) is 25.7 Å². The number of nitrogens with zero attached hydrogens (tertiary/aromatic N) is 5. The van der Waals surface area contributed by atoms with Gasteiger partial charge in [0.05, 0.1) is 6.07 Å². The van der Waals surface area contributed by atoms with Crippen molar-refractivity contribution in [3.8, 4) is 6.07 Å². The van der Waals surface area contributed by atoms with Crippen LogP contribution in [0.2, 0.25) is 0 Å². The summed E-state index contributed by atoms with van der Waals surface area (Å²) in [5, 5.41) is 8.72. The molecule has 1 fully saturated rings. The molecule has 1 aromatic rings. The minimum atomic E-state index is 0.336. The second kappa shape index (κ2) is 6.37. The van der Waals surface area contributed by atoms with Crippen molar-refractivity contribution in [3.63, 3.8) is 0 Å². The molecule has 19 heavy (non-hydrogen) atoms. The Morgan fingerprint density at radius 2 is 1.84 bits per heavy atom. The first-order valence-corrected chi connectivity index (χ1v) is 6.82. The minimum absolute atomic E-state index is 0.336. The maximum Gasteiger partial charge on any atom is 0.134 e. The van der Waals surface area contributed by atoms with Gasteiger partial charge in [0.25, 0.3) is 0 Å². The lowest BCUT2D eigenvalue weighted by Crippen LogP contribution is -2.26. The van der Waals surface area contributed by atoms with Crippen molar-refractivity contribution in [2.45, 2.75) is 25.7 Å². The Morgan fingerprint density at radius 1 is 1.21 bits per heavy atom. The van der Waals surface area contributed by atoms with Crippen LogP contribution in [0.4, 0.5) is 11.6 Å². The molecule has 0 saturated heterocycles. The fourth-order valence-electron chi connectivity index (χ4n) is 2.62. The SMILES string of the molecule is CN(CC#N)c1cc(N(C)CC2CCCC2)ncn1. The number of hydrogen-bond acceptors (Lipinski definition) is 5. The molecule has 1 aromatic heterocycles. The molecule has 0 spiro atoms. The molecule has 102 valence electrons. The van der Waals surface area contributed by atoms with Gasteiger partial charge in [0, 0.05) is 26.7 Å². The lowest BCUT2D eigenvalue weighted by molar-refractivity contribution is 0.545. The van der Waals surface area contributed by atoms with E-state index in [-0.39, 0.29) is 0 Å². The third-order valence-electron chi connectivity index (χ3n) is 3.74. The highest BCUT2D eigenvalue weighted by Gasteiger charge is 2.18. The Hall–Kier alpha value is -1.83. The summed E-state index contributed by atoms with van der Waals surface area (Å²) < 4.78 is 0. The van der Waals surface area contributed by atoms with Gasteiger partial charge in [-0.3, -0.25) is 0 Å². The Balaban J connectivity index is 2.02. The fraction of sp³-hybridized carbons (Fsp3) is 0.643. The molecule has 2 rings (SSSR count). The van der Waals surface area contributed by atoms with Crippen molar-refractivity contribution >= 4 is 11.6 Å². The average molecular weight is 259 g/mol. The van der Waals surface area contributed by atoms with Crippen molar-refractivity contribution in [1.82, 2.24) is 9.97 Å². The maximum atomic E-state index is 8.72. The van der Waals surface area contributed by atoms with E-state index in [0.29, 0.717) is 6.54 Å². The Labute approximate surface area is 114 Å². The molecular formula is C14H21N5. The number of nitriles is 1. The van der Waals surface area contributed by atoms with Crippen molar-refractivity contribution < 1.29 is 0 Å². The predicted octanol–water partition coefficient (Wildman–Crippen LogP) is 2.06. The van der Waals surface area contributed by atoms with Gasteiger partial charge in [-0.1, -0.05) is 12.8 Å². The van der Waals surface area contributed by atoms with Gasteiger partial charge in [-0.25, -0.2) is 9.97 Å². The smallest absolute Gasteiger partial charge is 0.134 e. The van der Waals surface area contributed by atoms with E-state index >= 15 is 0 Å². The highest BCUT2D eigenvalue weighted by atomic mass is 15.2. The van der Waals surface area contributed by atoms with Gasteiger partial charge >= 0.3 is 0 Å². The number of anilines is 2. The van der Waals surface area contributed by atoms with Crippen LogP contribution in [-0.4, -0.2) is 37.2 Å². The topological polar surface area (TPSA) is 56.1 Å². The summed E-state index contributed by atoms with van der Waals surface area (Å²) in [5.41, 5.74) is 0. The summed E-state index contributed by atoms with van der Waals surface area (Å²) in [5.74, 6) is 2.52. The number of rotatable bonds is 5. The maximum absolute atomic E-state index is 8.72. The van der Waals surface area contributed by atoms with Gasteiger partial charge in [0.2, 0.25) is 0 Å². The zero-order chi connectivity index (χ0) is 13.7. The molecule has 1 heterocycles. The Morgan fingerprint density at radius 3 is 2.47 bits per heavy atom. The van der Waals surface area contributed by atoms with Crippen LogP contribution in [0.15, 0.2) is 12.4 Å². The summed E-state index contributed by atoms with van der Waals surface area (Å²) in [4.78, 5) is 12.6. The molecular weight excluding hydrogens is 238 g/mol. The van der Waals surface area contributed by atoms with E-state index in [2.05, 4.69) is 28.0 Å². The van der Waals surface area contributed by atoms with Gasteiger partial charge in [-0.05, 0) is 18.8 Å². The molecule has 1 aliphatic carbocycles. The molecule has 0 aliphatic heterocycles. The molecule has 0 N–H and O–H groups in total. The van der Waals surface area contributed by atoms with Crippen molar-refractivity contribution in [3.05, 3.63) is 12.4 Å². The zero-order valence-corrected chi connectivity index (χ0v) is 11.7. The zero-order valence-electron chi connectivity index (χ0n) is 11.7. The van der Waals surface area contributed by atoms with Crippen LogP contribution < -0.4 is 9.80 Å². The monoisotopic (exact) mass is 259 g/mol. The highest BCUT2D eigenvalue weighted by molar-refractivity contribution is 5.49. The molecule has 0 aromatic carbocycles. The first-order valence-electron chi connectivity index (χ1n) is 6.82. The van der Waals surface area contributed by atoms with Gasteiger partial charge in [-0.15, -0.1) is 0 Å². The predicted molar refractivity (Wildman–Crippen MR) is 76.1 cm³/mol. The Kier molecular flexibility index (Phi) is 4.56. The molecule has 1 saturated carbocycles. The van der Waals surface area contributed by atoms with Crippen LogP contribution in [0.5, 0.6) is 0 Å². The van der Waals surface area contributed by atoms with Crippen molar-refractivity contribution in [2.24, 2.45) is 5.92 Å². The van der Waals surface area contributed by atoms with E-state index in [4.69, 9.17) is 5.26 Å². The van der Waals surface area contributed by atoms with E-state index in [1.165, 1.54) is 25.7 Å². The molecule has 0 radical (unpaired) electrons. The van der Waals surface area contributed by atoms with Crippen LogP contribution in [0.3, 0.4) is 0 Å². The number of aromatic nitrogens is 2. The Bertz CT molecular complexity index is 447. The minimum Gasteiger partial charge on any atom is -0.359 e. The van der Waals surface area contributed by atoms with Crippen LogP contribution in [-0.2, 0) is 0 Å². The summed E-state index contributed by atoms with van der Waals surface area (Å²) in [7, 11) is 3.95. The summed E-state index contributed by atoms with van der Waals surface area (Å²) in [6, 6.07) is 4.08. The van der Waals surface area contributed by atoms with E-state index in [9.17, 15) is 0 Å². The van der Waals surface area contributed by atoms with E-state index in [1.54, 1.807) is 6.33 Å². The molecule has 0 unspecified atom stereocenters. The third-order valence-corrected chi connectivity index (χ3v) is 3.74. The molecule has 0 atom stereocenters. The largest absolute Gasteiger partial charge is 0.359 e. The van der Waals surface area contributed by atoms with Crippen molar-refractivity contribution in [2.75, 3.05) is 37.0 Å². The lowest BCUT2D eigenvalue weighted by atomic mass is 10.1. The van der Waals surface area contributed by atoms with E-state index < -0.39 is 0 Å². The lowest BCUT2D eigenvalue weighted by Gasteiger charge is -2.23. The standard InChI is InChI=1S/C14H21N5/c1-18(8-7-15)13-9-14(17-11-16-13)19(2)10-12-5-3-4-6-12/h9,11-12H,3-6,8,10H2,1-2H3. The second-order valence-corrected chi connectivity index (χ2v) is 5.28. The first-order chi connectivity index (χ1) is 9.20. The third kappa shape index (κ3) is 3.57. The quantitative estimate of drug-likeness (QED) is 0.758. The van der Waals surface area contributed by atoms with Crippen LogP contribution >= 0.6 is 0 Å². The van der Waals surface area contributed by atoms with Gasteiger partial charge in [-0.2, -0.15) is 5.26 Å².